The van der Waals surface area contributed by atoms with Crippen molar-refractivity contribution in [3.05, 3.63) is 15.1 Å². The van der Waals surface area contributed by atoms with Crippen LogP contribution in [0.25, 0.3) is 0 Å². The second kappa shape index (κ2) is 7.20. The number of aromatic nitrogens is 2. The third-order valence-corrected chi connectivity index (χ3v) is 3.70. The van der Waals surface area contributed by atoms with Gasteiger partial charge in [-0.2, -0.15) is 0 Å². The molecule has 0 aliphatic carbocycles. The highest BCUT2D eigenvalue weighted by Crippen LogP contribution is 2.26. The second-order valence-electron chi connectivity index (χ2n) is 4.27. The van der Waals surface area contributed by atoms with E-state index in [1.807, 2.05) is 7.05 Å². The van der Waals surface area contributed by atoms with E-state index in [-0.39, 0.29) is 6.10 Å². The highest BCUT2D eigenvalue weighted by atomic mass is 127. The van der Waals surface area contributed by atoms with Gasteiger partial charge in [-0.15, -0.1) is 0 Å². The van der Waals surface area contributed by atoms with Gasteiger partial charge in [-0.3, -0.25) is 0 Å². The first kappa shape index (κ1) is 15.6. The fourth-order valence-corrected chi connectivity index (χ4v) is 2.38. The molecular formula is C12H20IN3O2. The van der Waals surface area contributed by atoms with Crippen LogP contribution in [-0.2, 0) is 16.1 Å². The predicted molar refractivity (Wildman–Crippen MR) is 79.6 cm³/mol. The second-order valence-corrected chi connectivity index (χ2v) is 5.35. The van der Waals surface area contributed by atoms with Gasteiger partial charge in [-0.1, -0.05) is 13.8 Å². The van der Waals surface area contributed by atoms with Gasteiger partial charge in [0.15, 0.2) is 5.82 Å². The van der Waals surface area contributed by atoms with Crippen LogP contribution >= 0.6 is 22.6 Å². The Balaban J connectivity index is 3.23. The van der Waals surface area contributed by atoms with Gasteiger partial charge < -0.3 is 14.8 Å². The summed E-state index contributed by atoms with van der Waals surface area (Å²) in [4.78, 5) is 9.07. The van der Waals surface area contributed by atoms with Crippen LogP contribution in [0, 0.1) is 9.49 Å². The molecule has 0 saturated carbocycles. The van der Waals surface area contributed by atoms with Gasteiger partial charge in [0.2, 0.25) is 0 Å². The summed E-state index contributed by atoms with van der Waals surface area (Å²) in [6.07, 6.45) is -0.107. The minimum Gasteiger partial charge on any atom is -0.378 e. The average molecular weight is 365 g/mol. The van der Waals surface area contributed by atoms with Crippen LogP contribution in [0.2, 0.25) is 0 Å². The van der Waals surface area contributed by atoms with Gasteiger partial charge in [-0.05, 0) is 28.5 Å². The zero-order valence-electron chi connectivity index (χ0n) is 11.5. The molecule has 0 radical (unpaired) electrons. The lowest BCUT2D eigenvalue weighted by molar-refractivity contribution is 0.0569. The standard InChI is InChI=1S/C12H20IN3O2/c1-7(2)10(18-5)12-15-8(6-17-4)9(13)11(14-3)16-12/h7,10H,6H2,1-5H3,(H,14,15,16). The van der Waals surface area contributed by atoms with E-state index in [1.165, 1.54) is 0 Å². The smallest absolute Gasteiger partial charge is 0.160 e. The molecule has 1 atom stereocenters. The summed E-state index contributed by atoms with van der Waals surface area (Å²) in [5.41, 5.74) is 0.884. The van der Waals surface area contributed by atoms with Gasteiger partial charge in [0.1, 0.15) is 11.9 Å². The van der Waals surface area contributed by atoms with Crippen molar-refractivity contribution in [2.45, 2.75) is 26.6 Å². The van der Waals surface area contributed by atoms with Gasteiger partial charge >= 0.3 is 0 Å². The highest BCUT2D eigenvalue weighted by Gasteiger charge is 2.21. The Kier molecular flexibility index (Phi) is 6.24. The third kappa shape index (κ3) is 3.52. The molecule has 0 aromatic carbocycles. The van der Waals surface area contributed by atoms with Crippen LogP contribution in [0.5, 0.6) is 0 Å². The minimum atomic E-state index is -0.107. The van der Waals surface area contributed by atoms with Crippen LogP contribution < -0.4 is 5.32 Å². The van der Waals surface area contributed by atoms with E-state index in [4.69, 9.17) is 9.47 Å². The number of methoxy groups -OCH3 is 2. The van der Waals surface area contributed by atoms with Crippen molar-refractivity contribution in [2.24, 2.45) is 5.92 Å². The van der Waals surface area contributed by atoms with Gasteiger partial charge in [0.25, 0.3) is 0 Å². The molecule has 18 heavy (non-hydrogen) atoms. The van der Waals surface area contributed by atoms with Crippen molar-refractivity contribution in [3.8, 4) is 0 Å². The third-order valence-electron chi connectivity index (χ3n) is 2.57. The fraction of sp³-hybridized carbons (Fsp3) is 0.667. The Labute approximate surface area is 122 Å². The molecule has 0 saturated heterocycles. The van der Waals surface area contributed by atoms with Gasteiger partial charge in [0.05, 0.1) is 15.9 Å². The molecule has 0 aliphatic heterocycles. The predicted octanol–water partition coefficient (Wildman–Crippen LogP) is 2.61. The van der Waals surface area contributed by atoms with Crippen molar-refractivity contribution in [1.82, 2.24) is 9.97 Å². The lowest BCUT2D eigenvalue weighted by Gasteiger charge is -2.20. The fourth-order valence-electron chi connectivity index (χ4n) is 1.71. The quantitative estimate of drug-likeness (QED) is 0.786. The van der Waals surface area contributed by atoms with Crippen LogP contribution in [0.4, 0.5) is 5.82 Å². The molecule has 0 fully saturated rings. The Morgan fingerprint density at radius 3 is 2.39 bits per heavy atom. The zero-order valence-corrected chi connectivity index (χ0v) is 13.6. The summed E-state index contributed by atoms with van der Waals surface area (Å²) in [5, 5.41) is 3.08. The Hall–Kier alpha value is -0.470. The zero-order chi connectivity index (χ0) is 13.7. The Morgan fingerprint density at radius 1 is 1.28 bits per heavy atom. The van der Waals surface area contributed by atoms with E-state index < -0.39 is 0 Å². The Bertz CT molecular complexity index is 399. The minimum absolute atomic E-state index is 0.107. The number of nitrogens with zero attached hydrogens (tertiary/aromatic N) is 2. The first-order valence-electron chi connectivity index (χ1n) is 5.80. The number of nitrogens with one attached hydrogen (secondary N) is 1. The molecule has 1 rings (SSSR count). The molecule has 102 valence electrons. The summed E-state index contributed by atoms with van der Waals surface area (Å²) in [6.45, 7) is 4.64. The van der Waals surface area contributed by atoms with Crippen molar-refractivity contribution in [1.29, 1.82) is 0 Å². The molecular weight excluding hydrogens is 345 g/mol. The normalized spacial score (nSPS) is 12.8. The number of anilines is 1. The van der Waals surface area contributed by atoms with Crippen LogP contribution in [0.15, 0.2) is 0 Å². The summed E-state index contributed by atoms with van der Waals surface area (Å²) < 4.78 is 11.6. The average Bonchev–Trinajstić information content (AvgIpc) is 2.33. The number of hydrogen-bond donors (Lipinski definition) is 1. The van der Waals surface area contributed by atoms with Gasteiger partial charge in [-0.25, -0.2) is 9.97 Å². The summed E-state index contributed by atoms with van der Waals surface area (Å²) in [7, 11) is 5.19. The monoisotopic (exact) mass is 365 g/mol. The van der Waals surface area contributed by atoms with Crippen LogP contribution in [0.1, 0.15) is 31.5 Å². The van der Waals surface area contributed by atoms with E-state index in [2.05, 4.69) is 51.7 Å². The van der Waals surface area contributed by atoms with Crippen LogP contribution in [0.3, 0.4) is 0 Å². The molecule has 1 heterocycles. The largest absolute Gasteiger partial charge is 0.378 e. The molecule has 0 spiro atoms. The molecule has 5 nitrogen and oxygen atoms in total. The molecule has 1 N–H and O–H groups in total. The number of ether oxygens (including phenoxy) is 2. The van der Waals surface area contributed by atoms with E-state index in [9.17, 15) is 0 Å². The highest BCUT2D eigenvalue weighted by molar-refractivity contribution is 14.1. The van der Waals surface area contributed by atoms with E-state index in [1.54, 1.807) is 14.2 Å². The maximum absolute atomic E-state index is 5.47. The lowest BCUT2D eigenvalue weighted by atomic mass is 10.1. The Morgan fingerprint density at radius 2 is 1.94 bits per heavy atom. The molecule has 0 bridgehead atoms. The summed E-state index contributed by atoms with van der Waals surface area (Å²) >= 11 is 2.23. The first-order chi connectivity index (χ1) is 8.54. The molecule has 1 aromatic rings. The van der Waals surface area contributed by atoms with Crippen molar-refractivity contribution in [3.63, 3.8) is 0 Å². The number of hydrogen-bond acceptors (Lipinski definition) is 5. The summed E-state index contributed by atoms with van der Waals surface area (Å²) in [6, 6.07) is 0. The maximum atomic E-state index is 5.47. The molecule has 0 aliphatic rings. The maximum Gasteiger partial charge on any atom is 0.160 e. The number of halogens is 1. The SMILES string of the molecule is CNc1nc(C(OC)C(C)C)nc(COC)c1I. The lowest BCUT2D eigenvalue weighted by Crippen LogP contribution is -2.16. The molecule has 1 aromatic heterocycles. The van der Waals surface area contributed by atoms with E-state index >= 15 is 0 Å². The van der Waals surface area contributed by atoms with Crippen molar-refractivity contribution >= 4 is 28.4 Å². The molecule has 1 unspecified atom stereocenters. The van der Waals surface area contributed by atoms with Gasteiger partial charge in [0, 0.05) is 21.3 Å². The topological polar surface area (TPSA) is 56.3 Å². The molecule has 6 heteroatoms. The molecule has 0 amide bonds. The first-order valence-corrected chi connectivity index (χ1v) is 6.88. The number of rotatable bonds is 6. The van der Waals surface area contributed by atoms with Crippen molar-refractivity contribution in [2.75, 3.05) is 26.6 Å². The van der Waals surface area contributed by atoms with E-state index in [0.29, 0.717) is 18.3 Å². The van der Waals surface area contributed by atoms with Crippen molar-refractivity contribution < 1.29 is 9.47 Å². The van der Waals surface area contributed by atoms with E-state index in [0.717, 1.165) is 15.1 Å². The summed E-state index contributed by atoms with van der Waals surface area (Å²) in [5.74, 6) is 1.83. The van der Waals surface area contributed by atoms with Crippen LogP contribution in [-0.4, -0.2) is 31.2 Å².